The van der Waals surface area contributed by atoms with Crippen molar-refractivity contribution in [1.82, 2.24) is 0 Å². The van der Waals surface area contributed by atoms with Gasteiger partial charge in [0, 0.05) is 0 Å². The van der Waals surface area contributed by atoms with E-state index in [-0.39, 0.29) is 0 Å². The minimum Gasteiger partial charge on any atom is -0.303 e. The van der Waals surface area contributed by atoms with Gasteiger partial charge in [0.1, 0.15) is 5.60 Å². The lowest BCUT2D eigenvalue weighted by Gasteiger charge is -2.39. The van der Waals surface area contributed by atoms with Crippen LogP contribution in [0.4, 0.5) is 13.2 Å². The van der Waals surface area contributed by atoms with Gasteiger partial charge in [0.15, 0.2) is 6.17 Å². The molecule has 0 saturated heterocycles. The van der Waals surface area contributed by atoms with Gasteiger partial charge in [-0.2, -0.15) is 0 Å². The molecule has 1 unspecified atom stereocenters. The molecule has 0 spiro atoms. The first-order valence-electron chi connectivity index (χ1n) is 4.80. The second-order valence-electron chi connectivity index (χ2n) is 3.52. The maximum absolute atomic E-state index is 13.6. The lowest BCUT2D eigenvalue weighted by Crippen LogP contribution is -2.53. The summed E-state index contributed by atoms with van der Waals surface area (Å²) in [6, 6.07) is 0. The molecule has 0 amide bonds. The third-order valence-corrected chi connectivity index (χ3v) is 3.13. The zero-order valence-corrected chi connectivity index (χ0v) is 10.2. The summed E-state index contributed by atoms with van der Waals surface area (Å²) in [6.45, 7) is 3.15. The van der Waals surface area contributed by atoms with Crippen molar-refractivity contribution in [2.45, 2.75) is 51.3 Å². The maximum atomic E-state index is 13.6. The second-order valence-corrected chi connectivity index (χ2v) is 4.69. The fourth-order valence-corrected chi connectivity index (χ4v) is 2.34. The fraction of sp³-hybridized carbons (Fsp3) is 1.00. The number of hydrogen-bond acceptors (Lipinski definition) is 2. The Labute approximate surface area is 92.0 Å². The normalized spacial score (nSPS) is 16.2. The first kappa shape index (κ1) is 15.9. The number of phosphoric ester groups is 1. The van der Waals surface area contributed by atoms with Gasteiger partial charge in [0.25, 0.3) is 0 Å². The Hall–Kier alpha value is -0.100. The summed E-state index contributed by atoms with van der Waals surface area (Å²) in [5, 5.41) is 0. The third-order valence-electron chi connectivity index (χ3n) is 2.54. The van der Waals surface area contributed by atoms with Crippen LogP contribution in [0.1, 0.15) is 33.6 Å². The van der Waals surface area contributed by atoms with Gasteiger partial charge >= 0.3 is 13.7 Å². The standard InChI is InChI=1S/C8H16F3O4P/c1-4-7(5-2,15-16(12,13)14)8(10,11)6(3)9/h6H,4-5H2,1-3H3,(H2,12,13,14). The van der Waals surface area contributed by atoms with Crippen LogP contribution >= 0.6 is 7.82 Å². The summed E-state index contributed by atoms with van der Waals surface area (Å²) in [5.74, 6) is -3.96. The summed E-state index contributed by atoms with van der Waals surface area (Å²) < 4.78 is 54.7. The first-order valence-corrected chi connectivity index (χ1v) is 6.33. The highest BCUT2D eigenvalue weighted by Gasteiger charge is 2.59. The van der Waals surface area contributed by atoms with Crippen molar-refractivity contribution >= 4 is 7.82 Å². The molecule has 98 valence electrons. The van der Waals surface area contributed by atoms with E-state index in [0.29, 0.717) is 6.92 Å². The van der Waals surface area contributed by atoms with Gasteiger partial charge in [-0.15, -0.1) is 0 Å². The minimum absolute atomic E-state index is 0.407. The maximum Gasteiger partial charge on any atom is 0.470 e. The van der Waals surface area contributed by atoms with Crippen molar-refractivity contribution in [3.05, 3.63) is 0 Å². The monoisotopic (exact) mass is 264 g/mol. The Balaban J connectivity index is 5.34. The minimum atomic E-state index is -5.10. The molecule has 0 bridgehead atoms. The molecular formula is C8H16F3O4P. The average molecular weight is 264 g/mol. The van der Waals surface area contributed by atoms with Crippen molar-refractivity contribution < 1.29 is 32.0 Å². The number of hydrogen-bond donors (Lipinski definition) is 2. The Bertz CT molecular complexity index is 272. The summed E-state index contributed by atoms with van der Waals surface area (Å²) >= 11 is 0. The highest BCUT2D eigenvalue weighted by atomic mass is 31.2. The first-order chi connectivity index (χ1) is 7.02. The molecule has 4 nitrogen and oxygen atoms in total. The summed E-state index contributed by atoms with van der Waals surface area (Å²) in [6.07, 6.45) is -3.37. The van der Waals surface area contributed by atoms with E-state index in [9.17, 15) is 17.7 Å². The zero-order chi connectivity index (χ0) is 13.2. The molecule has 0 rings (SSSR count). The Morgan fingerprint density at radius 1 is 1.31 bits per heavy atom. The molecule has 0 aromatic heterocycles. The van der Waals surface area contributed by atoms with E-state index in [1.165, 1.54) is 13.8 Å². The topological polar surface area (TPSA) is 66.8 Å². The Morgan fingerprint density at radius 3 is 1.88 bits per heavy atom. The van der Waals surface area contributed by atoms with Gasteiger partial charge in [-0.25, -0.2) is 17.7 Å². The van der Waals surface area contributed by atoms with E-state index in [1.54, 1.807) is 0 Å². The Morgan fingerprint density at radius 2 is 1.69 bits per heavy atom. The third kappa shape index (κ3) is 3.20. The predicted octanol–water partition coefficient (Wildman–Crippen LogP) is 2.65. The van der Waals surface area contributed by atoms with E-state index in [0.717, 1.165) is 0 Å². The van der Waals surface area contributed by atoms with E-state index in [2.05, 4.69) is 4.52 Å². The summed E-state index contributed by atoms with van der Waals surface area (Å²) in [7, 11) is -5.10. The second kappa shape index (κ2) is 5.04. The number of phosphoric acid groups is 1. The molecule has 1 atom stereocenters. The molecule has 2 N–H and O–H groups in total. The highest BCUT2D eigenvalue weighted by Crippen LogP contribution is 2.51. The number of halogens is 3. The smallest absolute Gasteiger partial charge is 0.303 e. The van der Waals surface area contributed by atoms with Gasteiger partial charge in [-0.05, 0) is 19.8 Å². The number of alkyl halides is 3. The van der Waals surface area contributed by atoms with E-state index < -0.39 is 38.4 Å². The molecule has 0 saturated carbocycles. The SMILES string of the molecule is CCC(CC)(OP(=O)(O)O)C(F)(F)C(C)F. The molecule has 0 heterocycles. The molecule has 0 fully saturated rings. The van der Waals surface area contributed by atoms with Crippen LogP contribution in [-0.4, -0.2) is 27.5 Å². The van der Waals surface area contributed by atoms with Gasteiger partial charge in [-0.3, -0.25) is 4.52 Å². The van der Waals surface area contributed by atoms with Crippen molar-refractivity contribution in [2.24, 2.45) is 0 Å². The molecule has 0 aliphatic carbocycles. The Kier molecular flexibility index (Phi) is 5.01. The van der Waals surface area contributed by atoms with Gasteiger partial charge in [0.05, 0.1) is 0 Å². The summed E-state index contributed by atoms with van der Waals surface area (Å²) in [4.78, 5) is 17.2. The van der Waals surface area contributed by atoms with Gasteiger partial charge in [-0.1, -0.05) is 13.8 Å². The fourth-order valence-electron chi connectivity index (χ4n) is 1.50. The van der Waals surface area contributed by atoms with Crippen LogP contribution in [0.2, 0.25) is 0 Å². The molecule has 0 aromatic rings. The van der Waals surface area contributed by atoms with Crippen molar-refractivity contribution in [3.8, 4) is 0 Å². The van der Waals surface area contributed by atoms with Crippen LogP contribution in [0.3, 0.4) is 0 Å². The van der Waals surface area contributed by atoms with Crippen LogP contribution in [0.5, 0.6) is 0 Å². The van der Waals surface area contributed by atoms with E-state index >= 15 is 0 Å². The summed E-state index contributed by atoms with van der Waals surface area (Å²) in [5.41, 5.74) is -2.49. The lowest BCUT2D eigenvalue weighted by atomic mass is 9.87. The van der Waals surface area contributed by atoms with Crippen molar-refractivity contribution in [1.29, 1.82) is 0 Å². The van der Waals surface area contributed by atoms with E-state index in [1.807, 2.05) is 0 Å². The lowest BCUT2D eigenvalue weighted by molar-refractivity contribution is -0.206. The molecule has 8 heteroatoms. The molecule has 0 aromatic carbocycles. The van der Waals surface area contributed by atoms with Crippen LogP contribution in [0.15, 0.2) is 0 Å². The molecular weight excluding hydrogens is 248 g/mol. The number of rotatable bonds is 6. The zero-order valence-electron chi connectivity index (χ0n) is 9.28. The average Bonchev–Trinajstić information content (AvgIpc) is 2.12. The quantitative estimate of drug-likeness (QED) is 0.724. The van der Waals surface area contributed by atoms with Crippen LogP contribution in [0, 0.1) is 0 Å². The molecule has 0 aliphatic heterocycles. The van der Waals surface area contributed by atoms with Gasteiger partial charge < -0.3 is 9.79 Å². The van der Waals surface area contributed by atoms with Gasteiger partial charge in [0.2, 0.25) is 0 Å². The molecule has 0 radical (unpaired) electrons. The molecule has 16 heavy (non-hydrogen) atoms. The van der Waals surface area contributed by atoms with Crippen molar-refractivity contribution in [3.63, 3.8) is 0 Å². The van der Waals surface area contributed by atoms with Crippen LogP contribution < -0.4 is 0 Å². The predicted molar refractivity (Wildman–Crippen MR) is 52.0 cm³/mol. The van der Waals surface area contributed by atoms with E-state index in [4.69, 9.17) is 9.79 Å². The van der Waals surface area contributed by atoms with Crippen LogP contribution in [-0.2, 0) is 9.09 Å². The highest BCUT2D eigenvalue weighted by molar-refractivity contribution is 7.46. The largest absolute Gasteiger partial charge is 0.470 e. The van der Waals surface area contributed by atoms with Crippen molar-refractivity contribution in [2.75, 3.05) is 0 Å². The molecule has 0 aliphatic rings. The van der Waals surface area contributed by atoms with Crippen LogP contribution in [0.25, 0.3) is 0 Å².